The van der Waals surface area contributed by atoms with Gasteiger partial charge in [0, 0.05) is 51.9 Å². The van der Waals surface area contributed by atoms with E-state index in [0.29, 0.717) is 27.8 Å². The van der Waals surface area contributed by atoms with Crippen LogP contribution in [0.15, 0.2) is 18.3 Å². The molecule has 0 bridgehead atoms. The van der Waals surface area contributed by atoms with Gasteiger partial charge in [-0.05, 0) is 64.9 Å². The molecule has 0 saturated carbocycles. The molecule has 13 heteroatoms. The van der Waals surface area contributed by atoms with E-state index in [1.165, 1.54) is 12.1 Å². The summed E-state index contributed by atoms with van der Waals surface area (Å²) in [6, 6.07) is 4.85. The number of thiophene rings is 1. The molecule has 0 radical (unpaired) electrons. The number of hydrogen-bond donors (Lipinski definition) is 2. The largest absolute Gasteiger partial charge is 0.444 e. The summed E-state index contributed by atoms with van der Waals surface area (Å²) in [4.78, 5) is 25.6. The molecule has 2 aromatic heterocycles. The number of halogens is 2. The van der Waals surface area contributed by atoms with Gasteiger partial charge < -0.3 is 19.5 Å². The van der Waals surface area contributed by atoms with Crippen LogP contribution >= 0.6 is 11.3 Å². The Labute approximate surface area is 263 Å². The number of carbonyl (C=O) groups is 1. The summed E-state index contributed by atoms with van der Waals surface area (Å²) in [5.74, 6) is -1.25. The number of fused-ring (bicyclic) bond motifs is 4. The third kappa shape index (κ3) is 5.46. The van der Waals surface area contributed by atoms with E-state index >= 15 is 8.78 Å². The number of anilines is 2. The quantitative estimate of drug-likeness (QED) is 0.274. The summed E-state index contributed by atoms with van der Waals surface area (Å²) in [5.41, 5.74) is 0.162. The minimum atomic E-state index is -0.779. The maximum absolute atomic E-state index is 16.9. The average molecular weight is 637 g/mol. The van der Waals surface area contributed by atoms with Gasteiger partial charge in [-0.3, -0.25) is 10.2 Å². The summed E-state index contributed by atoms with van der Waals surface area (Å²) in [6.07, 6.45) is 0.134. The molecule has 2 aliphatic rings. The Hall–Kier alpha value is -3.96. The summed E-state index contributed by atoms with van der Waals surface area (Å²) < 4.78 is 44.3. The molecule has 2 aromatic carbocycles. The molecule has 0 aliphatic carbocycles. The van der Waals surface area contributed by atoms with Gasteiger partial charge in [0.2, 0.25) is 5.95 Å². The Kier molecular flexibility index (Phi) is 7.89. The smallest absolute Gasteiger partial charge is 0.412 e. The molecular weight excluding hydrogens is 602 g/mol. The van der Waals surface area contributed by atoms with Crippen LogP contribution in [-0.4, -0.2) is 70.0 Å². The SMILES string of the molecule is CC(C)N(C)[C@@H]1CN(c2ncc3c4c(c(-c5c(F)ccc6sc(NC(=O)OC(C)(C)C)c(C#N)c56)c(F)c3n2)COC4)C[C@H]1O. The van der Waals surface area contributed by atoms with Crippen molar-refractivity contribution in [1.29, 1.82) is 5.26 Å². The van der Waals surface area contributed by atoms with Crippen LogP contribution in [0, 0.1) is 23.0 Å². The standard InChI is InChI=1S/C32H34F2N6O4S/c1-15(2)39(6)21-11-40(12-22(21)41)30-36-10-17-18-13-43-14-19(18)25(27(34)28(17)37-30)26-20(33)7-8-23-24(26)16(9-35)29(45-23)38-31(42)44-32(3,4)5/h7-8,10,15,21-22,41H,11-14H2,1-6H3,(H,38,42)/t21-,22-/m1/s1. The number of nitrogens with zero attached hydrogens (tertiary/aromatic N) is 5. The zero-order valence-electron chi connectivity index (χ0n) is 25.9. The molecule has 236 valence electrons. The molecule has 10 nitrogen and oxygen atoms in total. The molecule has 2 N–H and O–H groups in total. The minimum Gasteiger partial charge on any atom is -0.444 e. The van der Waals surface area contributed by atoms with E-state index in [9.17, 15) is 15.2 Å². The second kappa shape index (κ2) is 11.4. The topological polar surface area (TPSA) is 124 Å². The van der Waals surface area contributed by atoms with Crippen LogP contribution in [0.4, 0.5) is 24.5 Å². The summed E-state index contributed by atoms with van der Waals surface area (Å²) in [6.45, 7) is 10.1. The van der Waals surface area contributed by atoms with Gasteiger partial charge in [0.15, 0.2) is 5.82 Å². The summed E-state index contributed by atoms with van der Waals surface area (Å²) >= 11 is 1.07. The van der Waals surface area contributed by atoms with E-state index in [1.807, 2.05) is 25.8 Å². The molecule has 45 heavy (non-hydrogen) atoms. The number of amides is 1. The number of rotatable bonds is 5. The van der Waals surface area contributed by atoms with E-state index in [4.69, 9.17) is 9.47 Å². The molecule has 6 rings (SSSR count). The first-order valence-corrected chi connectivity index (χ1v) is 15.5. The Bertz CT molecular complexity index is 1880. The predicted molar refractivity (Wildman–Crippen MR) is 168 cm³/mol. The predicted octanol–water partition coefficient (Wildman–Crippen LogP) is 5.93. The molecule has 2 atom stereocenters. The number of aliphatic hydroxyl groups is 1. The Morgan fingerprint density at radius 1 is 1.24 bits per heavy atom. The van der Waals surface area contributed by atoms with Gasteiger partial charge in [0.1, 0.15) is 28.0 Å². The first kappa shape index (κ1) is 31.0. The number of nitriles is 1. The highest BCUT2D eigenvalue weighted by Crippen LogP contribution is 2.47. The van der Waals surface area contributed by atoms with Gasteiger partial charge in [0.05, 0.1) is 30.9 Å². The fourth-order valence-corrected chi connectivity index (χ4v) is 7.08. The minimum absolute atomic E-state index is 0.00253. The highest BCUT2D eigenvalue weighted by atomic mass is 32.1. The highest BCUT2D eigenvalue weighted by molar-refractivity contribution is 7.23. The van der Waals surface area contributed by atoms with E-state index in [-0.39, 0.29) is 70.4 Å². The average Bonchev–Trinajstić information content (AvgIpc) is 3.69. The van der Waals surface area contributed by atoms with Crippen LogP contribution < -0.4 is 10.2 Å². The van der Waals surface area contributed by atoms with Crippen LogP contribution in [-0.2, 0) is 22.7 Å². The van der Waals surface area contributed by atoms with Crippen molar-refractivity contribution in [2.24, 2.45) is 0 Å². The summed E-state index contributed by atoms with van der Waals surface area (Å²) in [5, 5.41) is 24.4. The molecule has 0 spiro atoms. The van der Waals surface area contributed by atoms with Gasteiger partial charge in [-0.1, -0.05) is 0 Å². The fourth-order valence-electron chi connectivity index (χ4n) is 6.03. The second-order valence-electron chi connectivity index (χ2n) is 12.7. The molecule has 1 amide bonds. The number of aliphatic hydroxyl groups excluding tert-OH is 1. The van der Waals surface area contributed by atoms with E-state index in [0.717, 1.165) is 11.3 Å². The van der Waals surface area contributed by atoms with Gasteiger partial charge in [0.25, 0.3) is 0 Å². The normalized spacial score (nSPS) is 18.3. The van der Waals surface area contributed by atoms with Crippen molar-refractivity contribution in [2.45, 2.75) is 71.6 Å². The Balaban J connectivity index is 1.51. The van der Waals surface area contributed by atoms with Crippen molar-refractivity contribution < 1.29 is 28.2 Å². The maximum Gasteiger partial charge on any atom is 0.412 e. The number of β-amino-alcohol motifs (C(OH)–C–C–N with tert-alkyl or cyclic N) is 1. The third-order valence-corrected chi connectivity index (χ3v) is 9.42. The third-order valence-electron chi connectivity index (χ3n) is 8.35. The van der Waals surface area contributed by atoms with Crippen LogP contribution in [0.3, 0.4) is 0 Å². The molecule has 1 fully saturated rings. The first-order chi connectivity index (χ1) is 21.3. The number of nitrogens with one attached hydrogen (secondary N) is 1. The van der Waals surface area contributed by atoms with Crippen molar-refractivity contribution in [1.82, 2.24) is 14.9 Å². The lowest BCUT2D eigenvalue weighted by atomic mass is 9.90. The van der Waals surface area contributed by atoms with Crippen LogP contribution in [0.2, 0.25) is 0 Å². The van der Waals surface area contributed by atoms with Crippen LogP contribution in [0.5, 0.6) is 0 Å². The maximum atomic E-state index is 16.9. The van der Waals surface area contributed by atoms with Crippen molar-refractivity contribution in [3.63, 3.8) is 0 Å². The molecule has 1 saturated heterocycles. The number of hydrogen-bond acceptors (Lipinski definition) is 10. The molecule has 4 aromatic rings. The second-order valence-corrected chi connectivity index (χ2v) is 13.8. The van der Waals surface area contributed by atoms with Crippen molar-refractivity contribution in [2.75, 3.05) is 30.4 Å². The number of carbonyl (C=O) groups excluding carboxylic acids is 1. The number of benzene rings is 2. The number of aromatic nitrogens is 2. The number of ether oxygens (including phenoxy) is 2. The van der Waals surface area contributed by atoms with E-state index in [1.54, 1.807) is 27.0 Å². The van der Waals surface area contributed by atoms with Crippen LogP contribution in [0.25, 0.3) is 32.1 Å². The Morgan fingerprint density at radius 2 is 1.98 bits per heavy atom. The molecule has 4 heterocycles. The molecule has 0 unspecified atom stereocenters. The lowest BCUT2D eigenvalue weighted by molar-refractivity contribution is 0.0636. The zero-order chi connectivity index (χ0) is 32.4. The van der Waals surface area contributed by atoms with Crippen molar-refractivity contribution in [3.8, 4) is 17.2 Å². The summed E-state index contributed by atoms with van der Waals surface area (Å²) in [7, 11) is 1.95. The van der Waals surface area contributed by atoms with E-state index in [2.05, 4.69) is 26.3 Å². The van der Waals surface area contributed by atoms with E-state index < -0.39 is 29.4 Å². The number of likely N-dealkylation sites (N-methyl/N-ethyl adjacent to an activating group) is 1. The first-order valence-electron chi connectivity index (χ1n) is 14.7. The Morgan fingerprint density at radius 3 is 2.67 bits per heavy atom. The van der Waals surface area contributed by atoms with Crippen molar-refractivity contribution >= 4 is 49.4 Å². The molecular formula is C32H34F2N6O4S. The van der Waals surface area contributed by atoms with Crippen molar-refractivity contribution in [3.05, 3.63) is 46.7 Å². The van der Waals surface area contributed by atoms with Crippen LogP contribution in [0.1, 0.15) is 51.3 Å². The highest BCUT2D eigenvalue weighted by Gasteiger charge is 2.37. The zero-order valence-corrected chi connectivity index (χ0v) is 26.7. The van der Waals surface area contributed by atoms with Gasteiger partial charge in [-0.15, -0.1) is 11.3 Å². The van der Waals surface area contributed by atoms with Gasteiger partial charge >= 0.3 is 6.09 Å². The lowest BCUT2D eigenvalue weighted by Gasteiger charge is -2.29. The van der Waals surface area contributed by atoms with Gasteiger partial charge in [-0.2, -0.15) is 5.26 Å². The lowest BCUT2D eigenvalue weighted by Crippen LogP contribution is -2.44. The molecule has 2 aliphatic heterocycles. The monoisotopic (exact) mass is 636 g/mol. The van der Waals surface area contributed by atoms with Gasteiger partial charge in [-0.25, -0.2) is 23.5 Å². The fraction of sp³-hybridized carbons (Fsp3) is 0.438.